The van der Waals surface area contributed by atoms with Crippen molar-refractivity contribution >= 4 is 11.8 Å². The second kappa shape index (κ2) is 8.44. The molecule has 0 aromatic carbocycles. The van der Waals surface area contributed by atoms with Gasteiger partial charge in [-0.2, -0.15) is 31.4 Å². The molecule has 0 unspecified atom stereocenters. The maximum atomic E-state index is 13.0. The van der Waals surface area contributed by atoms with Crippen LogP contribution in [0.4, 0.5) is 38.1 Å². The number of nitrogens with zero attached hydrogens (tertiary/aromatic N) is 5. The molecule has 0 amide bonds. The Morgan fingerprint density at radius 2 is 1.67 bits per heavy atom. The Kier molecular flexibility index (Phi) is 5.94. The van der Waals surface area contributed by atoms with Crippen LogP contribution < -0.4 is 15.8 Å². The van der Waals surface area contributed by atoms with Crippen LogP contribution in [0.5, 0.6) is 0 Å². The van der Waals surface area contributed by atoms with Gasteiger partial charge in [0.1, 0.15) is 11.4 Å². The molecule has 0 atom stereocenters. The lowest BCUT2D eigenvalue weighted by Gasteiger charge is -2.52. The number of ether oxygens (including phenoxy) is 1. The highest BCUT2D eigenvalue weighted by Gasteiger charge is 2.45. The fourth-order valence-electron chi connectivity index (χ4n) is 3.71. The number of rotatable bonds is 5. The van der Waals surface area contributed by atoms with E-state index in [9.17, 15) is 31.1 Å². The van der Waals surface area contributed by atoms with Gasteiger partial charge < -0.3 is 15.0 Å². The summed E-state index contributed by atoms with van der Waals surface area (Å²) in [6.07, 6.45) is -7.83. The topological polar surface area (TPSA) is 99.3 Å². The van der Waals surface area contributed by atoms with Crippen LogP contribution in [-0.2, 0) is 17.1 Å². The predicted molar refractivity (Wildman–Crippen MR) is 103 cm³/mol. The summed E-state index contributed by atoms with van der Waals surface area (Å²) in [6.45, 7) is 2.83. The third kappa shape index (κ3) is 4.88. The third-order valence-electron chi connectivity index (χ3n) is 5.65. The number of H-pyrrole nitrogens is 1. The number of aromatic nitrogens is 4. The lowest BCUT2D eigenvalue weighted by molar-refractivity contribution is -0.139. The smallest absolute Gasteiger partial charge is 0.377 e. The van der Waals surface area contributed by atoms with Crippen molar-refractivity contribution in [3.05, 3.63) is 39.9 Å². The second-order valence-electron chi connectivity index (χ2n) is 7.81. The van der Waals surface area contributed by atoms with E-state index in [1.54, 1.807) is 4.90 Å². The largest absolute Gasteiger partial charge is 0.421 e. The zero-order valence-corrected chi connectivity index (χ0v) is 17.0. The lowest BCUT2D eigenvalue weighted by atomic mass is 9.93. The molecule has 2 aliphatic heterocycles. The molecule has 0 aliphatic carbocycles. The summed E-state index contributed by atoms with van der Waals surface area (Å²) in [6, 6.07) is 0.659. The van der Waals surface area contributed by atoms with Crippen molar-refractivity contribution in [1.29, 1.82) is 0 Å². The molecule has 9 nitrogen and oxygen atoms in total. The maximum absolute atomic E-state index is 13.0. The SMILES string of the molecule is O=c1[nH]nc(NCC2(N3CCN(c4ncc(C(F)(F)F)cn4)CC3)COC2)cc1C(F)(F)F. The standard InChI is InChI=1S/C18H19F6N7O2/c19-17(20,21)11-6-25-15(26-7-11)30-1-3-31(4-2-30)16(9-33-10-16)8-27-13-5-12(18(22,23)24)14(32)29-28-13/h5-7H,1-4,8-10H2,(H,27,28)(H,29,32). The van der Waals surface area contributed by atoms with Crippen molar-refractivity contribution in [2.75, 3.05) is 56.2 Å². The van der Waals surface area contributed by atoms with Gasteiger partial charge in [0.2, 0.25) is 5.95 Å². The molecule has 0 radical (unpaired) electrons. The number of anilines is 2. The van der Waals surface area contributed by atoms with Crippen LogP contribution in [0.3, 0.4) is 0 Å². The molecule has 2 saturated heterocycles. The zero-order valence-electron chi connectivity index (χ0n) is 17.0. The summed E-state index contributed by atoms with van der Waals surface area (Å²) in [5.74, 6) is 0.0711. The number of piperazine rings is 1. The molecule has 2 N–H and O–H groups in total. The molecular formula is C18H19F6N7O2. The molecular weight excluding hydrogens is 460 g/mol. The van der Waals surface area contributed by atoms with Crippen LogP contribution in [-0.4, -0.2) is 76.5 Å². The average Bonchev–Trinajstić information content (AvgIpc) is 2.73. The highest BCUT2D eigenvalue weighted by molar-refractivity contribution is 5.38. The van der Waals surface area contributed by atoms with E-state index in [0.717, 1.165) is 12.4 Å². The van der Waals surface area contributed by atoms with E-state index < -0.39 is 34.6 Å². The van der Waals surface area contributed by atoms with E-state index in [4.69, 9.17) is 4.74 Å². The van der Waals surface area contributed by atoms with Crippen molar-refractivity contribution in [2.45, 2.75) is 17.9 Å². The minimum Gasteiger partial charge on any atom is -0.377 e. The van der Waals surface area contributed by atoms with Crippen molar-refractivity contribution in [1.82, 2.24) is 25.1 Å². The monoisotopic (exact) mass is 479 g/mol. The van der Waals surface area contributed by atoms with E-state index in [2.05, 4.69) is 25.3 Å². The minimum absolute atomic E-state index is 0.120. The van der Waals surface area contributed by atoms with Gasteiger partial charge in [-0.05, 0) is 0 Å². The summed E-state index contributed by atoms with van der Waals surface area (Å²) in [7, 11) is 0. The van der Waals surface area contributed by atoms with Crippen LogP contribution in [0.15, 0.2) is 23.3 Å². The molecule has 4 heterocycles. The van der Waals surface area contributed by atoms with Gasteiger partial charge in [0.05, 0.1) is 24.3 Å². The Labute approximate surface area is 182 Å². The number of aromatic amines is 1. The third-order valence-corrected chi connectivity index (χ3v) is 5.65. The number of hydrogen-bond acceptors (Lipinski definition) is 8. The van der Waals surface area contributed by atoms with Crippen LogP contribution >= 0.6 is 0 Å². The molecule has 33 heavy (non-hydrogen) atoms. The van der Waals surface area contributed by atoms with E-state index >= 15 is 0 Å². The van der Waals surface area contributed by atoms with Gasteiger partial charge in [-0.1, -0.05) is 0 Å². The summed E-state index contributed by atoms with van der Waals surface area (Å²) >= 11 is 0. The van der Waals surface area contributed by atoms with Crippen LogP contribution in [0, 0.1) is 0 Å². The van der Waals surface area contributed by atoms with Crippen molar-refractivity contribution in [2.24, 2.45) is 0 Å². The summed E-state index contributed by atoms with van der Waals surface area (Å²) in [4.78, 5) is 22.9. The molecule has 0 bridgehead atoms. The predicted octanol–water partition coefficient (Wildman–Crippen LogP) is 1.60. The molecule has 2 fully saturated rings. The fourth-order valence-corrected chi connectivity index (χ4v) is 3.71. The number of halogens is 6. The van der Waals surface area contributed by atoms with E-state index in [-0.39, 0.29) is 18.3 Å². The quantitative estimate of drug-likeness (QED) is 0.625. The first-order valence-electron chi connectivity index (χ1n) is 9.86. The first-order chi connectivity index (χ1) is 15.5. The minimum atomic E-state index is -4.80. The average molecular weight is 479 g/mol. The summed E-state index contributed by atoms with van der Waals surface area (Å²) in [5, 5.41) is 8.30. The number of alkyl halides is 6. The molecule has 2 aliphatic rings. The Balaban J connectivity index is 1.38. The summed E-state index contributed by atoms with van der Waals surface area (Å²) < 4.78 is 82.3. The summed E-state index contributed by atoms with van der Waals surface area (Å²) in [5.41, 5.74) is -4.09. The van der Waals surface area contributed by atoms with E-state index in [0.29, 0.717) is 45.5 Å². The molecule has 4 rings (SSSR count). The Hall–Kier alpha value is -2.94. The normalized spacial score (nSPS) is 19.3. The van der Waals surface area contributed by atoms with Gasteiger partial charge in [0.25, 0.3) is 5.56 Å². The Morgan fingerprint density at radius 3 is 2.18 bits per heavy atom. The van der Waals surface area contributed by atoms with Gasteiger partial charge in [-0.25, -0.2) is 15.1 Å². The molecule has 0 saturated carbocycles. The molecule has 2 aromatic rings. The van der Waals surface area contributed by atoms with E-state index in [1.165, 1.54) is 0 Å². The van der Waals surface area contributed by atoms with E-state index in [1.807, 2.05) is 5.10 Å². The molecule has 0 spiro atoms. The van der Waals surface area contributed by atoms with Crippen molar-refractivity contribution < 1.29 is 31.1 Å². The van der Waals surface area contributed by atoms with Gasteiger partial charge in [0, 0.05) is 51.2 Å². The van der Waals surface area contributed by atoms with Crippen LogP contribution in [0.1, 0.15) is 11.1 Å². The van der Waals surface area contributed by atoms with Gasteiger partial charge in [-0.15, -0.1) is 0 Å². The maximum Gasteiger partial charge on any atom is 0.421 e. The Bertz CT molecular complexity index is 1030. The first-order valence-corrected chi connectivity index (χ1v) is 9.86. The molecule has 15 heteroatoms. The van der Waals surface area contributed by atoms with Gasteiger partial charge >= 0.3 is 12.4 Å². The highest BCUT2D eigenvalue weighted by Crippen LogP contribution is 2.31. The van der Waals surface area contributed by atoms with Crippen LogP contribution in [0.25, 0.3) is 0 Å². The molecule has 2 aromatic heterocycles. The van der Waals surface area contributed by atoms with Gasteiger partial charge in [-0.3, -0.25) is 9.69 Å². The van der Waals surface area contributed by atoms with Gasteiger partial charge in [0.15, 0.2) is 0 Å². The second-order valence-corrected chi connectivity index (χ2v) is 7.81. The van der Waals surface area contributed by atoms with Crippen molar-refractivity contribution in [3.63, 3.8) is 0 Å². The number of nitrogens with one attached hydrogen (secondary N) is 2. The van der Waals surface area contributed by atoms with Crippen molar-refractivity contribution in [3.8, 4) is 0 Å². The van der Waals surface area contributed by atoms with Crippen LogP contribution in [0.2, 0.25) is 0 Å². The molecule has 180 valence electrons. The zero-order chi connectivity index (χ0) is 23.9. The Morgan fingerprint density at radius 1 is 1.03 bits per heavy atom. The fraction of sp³-hybridized carbons (Fsp3) is 0.556. The highest BCUT2D eigenvalue weighted by atomic mass is 19.4. The number of hydrogen-bond donors (Lipinski definition) is 2. The first kappa shape index (κ1) is 23.2. The lowest BCUT2D eigenvalue weighted by Crippen LogP contribution is -2.69.